The van der Waals surface area contributed by atoms with Crippen LogP contribution in [0.5, 0.6) is 0 Å². The number of aliphatic carboxylic acids is 1. The fourth-order valence-corrected chi connectivity index (χ4v) is 2.45. The van der Waals surface area contributed by atoms with Crippen molar-refractivity contribution in [3.05, 3.63) is 29.8 Å². The van der Waals surface area contributed by atoms with Crippen LogP contribution in [-0.4, -0.2) is 29.1 Å². The number of urea groups is 1. The van der Waals surface area contributed by atoms with Gasteiger partial charge in [-0.2, -0.15) is 0 Å². The number of carbonyl (C=O) groups is 3. The van der Waals surface area contributed by atoms with Gasteiger partial charge >= 0.3 is 12.0 Å². The predicted octanol–water partition coefficient (Wildman–Crippen LogP) is 1.16. The van der Waals surface area contributed by atoms with E-state index >= 15 is 0 Å². The SMILES string of the molecule is NC(=O)Nc1ccc(C(=O)N[C@@H]2CC[C@H](C(=O)O)C2)cc1. The molecular formula is C14H17N3O4. The van der Waals surface area contributed by atoms with Crippen molar-refractivity contribution in [1.29, 1.82) is 0 Å². The normalized spacial score (nSPS) is 20.8. The second-order valence-electron chi connectivity index (χ2n) is 5.09. The lowest BCUT2D eigenvalue weighted by Crippen LogP contribution is -2.33. The minimum Gasteiger partial charge on any atom is -0.481 e. The van der Waals surface area contributed by atoms with Crippen LogP contribution in [0.15, 0.2) is 24.3 Å². The third kappa shape index (κ3) is 3.95. The number of carboxylic acids is 1. The molecule has 1 aromatic rings. The molecule has 0 bridgehead atoms. The second kappa shape index (κ2) is 6.25. The summed E-state index contributed by atoms with van der Waals surface area (Å²) in [5.41, 5.74) is 5.94. The molecule has 7 heteroatoms. The average Bonchev–Trinajstić information content (AvgIpc) is 2.87. The molecule has 112 valence electrons. The van der Waals surface area contributed by atoms with Crippen LogP contribution in [0, 0.1) is 5.92 Å². The highest BCUT2D eigenvalue weighted by Gasteiger charge is 2.30. The molecule has 0 radical (unpaired) electrons. The van der Waals surface area contributed by atoms with Crippen LogP contribution in [-0.2, 0) is 4.79 Å². The van der Waals surface area contributed by atoms with Gasteiger partial charge in [-0.25, -0.2) is 4.79 Å². The van der Waals surface area contributed by atoms with Crippen LogP contribution in [0.25, 0.3) is 0 Å². The number of anilines is 1. The third-order valence-corrected chi connectivity index (χ3v) is 3.53. The van der Waals surface area contributed by atoms with Crippen molar-refractivity contribution in [2.24, 2.45) is 11.7 Å². The number of amides is 3. The third-order valence-electron chi connectivity index (χ3n) is 3.53. The first-order chi connectivity index (χ1) is 9.95. The van der Waals surface area contributed by atoms with E-state index in [2.05, 4.69) is 10.6 Å². The van der Waals surface area contributed by atoms with Gasteiger partial charge < -0.3 is 21.5 Å². The average molecular weight is 291 g/mol. The highest BCUT2D eigenvalue weighted by molar-refractivity contribution is 5.95. The van der Waals surface area contributed by atoms with Crippen molar-refractivity contribution < 1.29 is 19.5 Å². The number of nitrogens with one attached hydrogen (secondary N) is 2. The molecule has 0 aliphatic heterocycles. The Labute approximate surface area is 121 Å². The van der Waals surface area contributed by atoms with Gasteiger partial charge in [0.25, 0.3) is 5.91 Å². The second-order valence-corrected chi connectivity index (χ2v) is 5.09. The lowest BCUT2D eigenvalue weighted by Gasteiger charge is -2.12. The number of hydrogen-bond donors (Lipinski definition) is 4. The number of nitrogens with two attached hydrogens (primary N) is 1. The summed E-state index contributed by atoms with van der Waals surface area (Å²) in [4.78, 5) is 33.6. The van der Waals surface area contributed by atoms with Gasteiger partial charge in [-0.15, -0.1) is 0 Å². The molecule has 1 aliphatic carbocycles. The molecule has 1 saturated carbocycles. The molecule has 1 aromatic carbocycles. The number of benzene rings is 1. The molecule has 2 rings (SSSR count). The van der Waals surface area contributed by atoms with Crippen LogP contribution in [0.1, 0.15) is 29.6 Å². The molecule has 1 aliphatic rings. The number of carbonyl (C=O) groups excluding carboxylic acids is 2. The van der Waals surface area contributed by atoms with E-state index in [-0.39, 0.29) is 17.9 Å². The number of primary amides is 1. The van der Waals surface area contributed by atoms with Gasteiger partial charge in [-0.1, -0.05) is 0 Å². The quantitative estimate of drug-likeness (QED) is 0.665. The molecule has 0 saturated heterocycles. The maximum absolute atomic E-state index is 12.0. The van der Waals surface area contributed by atoms with Gasteiger partial charge in [0, 0.05) is 17.3 Å². The Hall–Kier alpha value is -2.57. The van der Waals surface area contributed by atoms with Crippen LogP contribution < -0.4 is 16.4 Å². The first-order valence-corrected chi connectivity index (χ1v) is 6.66. The van der Waals surface area contributed by atoms with Crippen molar-refractivity contribution in [2.75, 3.05) is 5.32 Å². The van der Waals surface area contributed by atoms with Crippen LogP contribution in [0.4, 0.5) is 10.5 Å². The smallest absolute Gasteiger partial charge is 0.316 e. The van der Waals surface area contributed by atoms with E-state index in [4.69, 9.17) is 10.8 Å². The Morgan fingerprint density at radius 2 is 1.81 bits per heavy atom. The van der Waals surface area contributed by atoms with Gasteiger partial charge in [0.2, 0.25) is 0 Å². The lowest BCUT2D eigenvalue weighted by atomic mass is 10.1. The predicted molar refractivity (Wildman–Crippen MR) is 75.9 cm³/mol. The molecule has 0 aromatic heterocycles. The van der Waals surface area contributed by atoms with E-state index in [1.807, 2.05) is 0 Å². The highest BCUT2D eigenvalue weighted by Crippen LogP contribution is 2.25. The number of rotatable bonds is 4. The largest absolute Gasteiger partial charge is 0.481 e. The highest BCUT2D eigenvalue weighted by atomic mass is 16.4. The summed E-state index contributed by atoms with van der Waals surface area (Å²) in [6, 6.07) is 5.52. The molecule has 2 atom stereocenters. The Morgan fingerprint density at radius 1 is 1.14 bits per heavy atom. The summed E-state index contributed by atoms with van der Waals surface area (Å²) in [6.45, 7) is 0. The van der Waals surface area contributed by atoms with Crippen molar-refractivity contribution in [3.63, 3.8) is 0 Å². The minimum atomic E-state index is -0.811. The Kier molecular flexibility index (Phi) is 4.42. The van der Waals surface area contributed by atoms with Gasteiger partial charge in [-0.05, 0) is 43.5 Å². The van der Waals surface area contributed by atoms with E-state index in [0.717, 1.165) is 0 Å². The Morgan fingerprint density at radius 3 is 2.33 bits per heavy atom. The molecule has 0 heterocycles. The Balaban J connectivity index is 1.92. The summed E-state index contributed by atoms with van der Waals surface area (Å²) >= 11 is 0. The minimum absolute atomic E-state index is 0.109. The van der Waals surface area contributed by atoms with Crippen molar-refractivity contribution >= 4 is 23.6 Å². The summed E-state index contributed by atoms with van der Waals surface area (Å²) in [6.07, 6.45) is 1.72. The van der Waals surface area contributed by atoms with Gasteiger partial charge in [0.15, 0.2) is 0 Å². The van der Waals surface area contributed by atoms with E-state index < -0.39 is 12.0 Å². The molecule has 1 fully saturated rings. The van der Waals surface area contributed by atoms with E-state index in [1.54, 1.807) is 24.3 Å². The zero-order chi connectivity index (χ0) is 15.4. The first-order valence-electron chi connectivity index (χ1n) is 6.66. The molecule has 0 unspecified atom stereocenters. The van der Waals surface area contributed by atoms with Gasteiger partial charge in [0.05, 0.1) is 5.92 Å². The van der Waals surface area contributed by atoms with Crippen molar-refractivity contribution in [2.45, 2.75) is 25.3 Å². The van der Waals surface area contributed by atoms with Crippen LogP contribution >= 0.6 is 0 Å². The molecular weight excluding hydrogens is 274 g/mol. The zero-order valence-corrected chi connectivity index (χ0v) is 11.3. The van der Waals surface area contributed by atoms with E-state index in [1.165, 1.54) is 0 Å². The number of carboxylic acid groups (broad SMARTS) is 1. The maximum Gasteiger partial charge on any atom is 0.316 e. The van der Waals surface area contributed by atoms with E-state index in [0.29, 0.717) is 30.5 Å². The first kappa shape index (κ1) is 14.8. The summed E-state index contributed by atoms with van der Waals surface area (Å²) in [5.74, 6) is -1.44. The molecule has 21 heavy (non-hydrogen) atoms. The zero-order valence-electron chi connectivity index (χ0n) is 11.3. The molecule has 3 amide bonds. The van der Waals surface area contributed by atoms with E-state index in [9.17, 15) is 14.4 Å². The van der Waals surface area contributed by atoms with Gasteiger partial charge in [-0.3, -0.25) is 9.59 Å². The topological polar surface area (TPSA) is 122 Å². The standard InChI is InChI=1S/C14H17N3O4/c15-14(21)17-10-4-1-8(2-5-10)12(18)16-11-6-3-9(7-11)13(19)20/h1-2,4-5,9,11H,3,6-7H2,(H,16,18)(H,19,20)(H3,15,17,21)/t9-,11+/m0/s1. The summed E-state index contributed by atoms with van der Waals surface area (Å²) in [5, 5.41) is 14.2. The van der Waals surface area contributed by atoms with Crippen molar-refractivity contribution in [1.82, 2.24) is 5.32 Å². The Bertz CT molecular complexity index is 556. The fraction of sp³-hybridized carbons (Fsp3) is 0.357. The van der Waals surface area contributed by atoms with Gasteiger partial charge in [0.1, 0.15) is 0 Å². The van der Waals surface area contributed by atoms with Crippen LogP contribution in [0.2, 0.25) is 0 Å². The summed E-state index contributed by atoms with van der Waals surface area (Å²) in [7, 11) is 0. The summed E-state index contributed by atoms with van der Waals surface area (Å²) < 4.78 is 0. The molecule has 5 N–H and O–H groups in total. The molecule has 7 nitrogen and oxygen atoms in total. The van der Waals surface area contributed by atoms with Crippen molar-refractivity contribution in [3.8, 4) is 0 Å². The lowest BCUT2D eigenvalue weighted by molar-refractivity contribution is -0.141. The monoisotopic (exact) mass is 291 g/mol. The fourth-order valence-electron chi connectivity index (χ4n) is 2.45. The molecule has 0 spiro atoms. The maximum atomic E-state index is 12.0. The van der Waals surface area contributed by atoms with Crippen LogP contribution in [0.3, 0.4) is 0 Å². The number of hydrogen-bond acceptors (Lipinski definition) is 3.